The summed E-state index contributed by atoms with van der Waals surface area (Å²) in [7, 11) is 0. The Hall–Kier alpha value is -2.73. The van der Waals surface area contributed by atoms with Gasteiger partial charge in [0.25, 0.3) is 0 Å². The van der Waals surface area contributed by atoms with Crippen molar-refractivity contribution in [1.29, 1.82) is 0 Å². The molecule has 0 aliphatic rings. The van der Waals surface area contributed by atoms with Crippen LogP contribution in [0.2, 0.25) is 5.02 Å². The Bertz CT molecular complexity index is 781. The number of aromatic nitrogens is 4. The molecule has 3 rings (SSSR count). The number of nitrogens with zero attached hydrogens (tertiary/aromatic N) is 4. The quantitative estimate of drug-likeness (QED) is 0.688. The van der Waals surface area contributed by atoms with E-state index in [4.69, 9.17) is 11.6 Å². The molecule has 0 saturated carbocycles. The number of hydrogen-bond acceptors (Lipinski definition) is 6. The first kappa shape index (κ1) is 16.1. The summed E-state index contributed by atoms with van der Waals surface area (Å²) in [5.41, 5.74) is 2.29. The zero-order valence-corrected chi connectivity index (χ0v) is 13.7. The molecule has 0 atom stereocenters. The van der Waals surface area contributed by atoms with Gasteiger partial charge in [-0.2, -0.15) is 10.1 Å². The maximum absolute atomic E-state index is 5.98. The van der Waals surface area contributed by atoms with Gasteiger partial charge >= 0.3 is 0 Å². The van der Waals surface area contributed by atoms with Gasteiger partial charge < -0.3 is 10.6 Å². The maximum atomic E-state index is 5.98. The summed E-state index contributed by atoms with van der Waals surface area (Å²) in [5, 5.41) is 15.1. The average molecular weight is 341 g/mol. The smallest absolute Gasteiger partial charge is 0.244 e. The van der Waals surface area contributed by atoms with Crippen LogP contribution >= 0.6 is 11.6 Å². The Morgan fingerprint density at radius 2 is 1.88 bits per heavy atom. The zero-order chi connectivity index (χ0) is 16.6. The second-order valence-electron chi connectivity index (χ2n) is 5.18. The molecule has 1 aromatic carbocycles. The number of hydrogen-bond donors (Lipinski definition) is 2. The predicted octanol–water partition coefficient (Wildman–Crippen LogP) is 3.19. The standard InChI is InChI=1S/C17H17ClN6/c18-15-3-1-2-13(10-15)6-9-20-17-23-16(12-22-24-17)21-11-14-4-7-19-8-5-14/h1-5,7-8,10,12H,6,9,11H2,(H2,20,21,23,24). The fourth-order valence-electron chi connectivity index (χ4n) is 2.17. The van der Waals surface area contributed by atoms with Gasteiger partial charge in [0.15, 0.2) is 5.82 Å². The van der Waals surface area contributed by atoms with Crippen LogP contribution in [0.3, 0.4) is 0 Å². The molecule has 2 heterocycles. The van der Waals surface area contributed by atoms with Crippen molar-refractivity contribution in [1.82, 2.24) is 20.2 Å². The fourth-order valence-corrected chi connectivity index (χ4v) is 2.38. The molecule has 0 unspecified atom stereocenters. The van der Waals surface area contributed by atoms with E-state index in [1.807, 2.05) is 36.4 Å². The largest absolute Gasteiger partial charge is 0.365 e. The summed E-state index contributed by atoms with van der Waals surface area (Å²) in [6.07, 6.45) is 5.96. The van der Waals surface area contributed by atoms with E-state index in [0.29, 0.717) is 24.9 Å². The van der Waals surface area contributed by atoms with E-state index in [1.54, 1.807) is 18.6 Å². The van der Waals surface area contributed by atoms with E-state index >= 15 is 0 Å². The van der Waals surface area contributed by atoms with Crippen molar-refractivity contribution in [3.05, 3.63) is 71.1 Å². The van der Waals surface area contributed by atoms with Crippen LogP contribution in [0.1, 0.15) is 11.1 Å². The van der Waals surface area contributed by atoms with Crippen molar-refractivity contribution in [2.75, 3.05) is 17.2 Å². The molecule has 6 nitrogen and oxygen atoms in total. The van der Waals surface area contributed by atoms with Gasteiger partial charge in [0.05, 0.1) is 6.20 Å². The minimum absolute atomic E-state index is 0.497. The first-order valence-corrected chi connectivity index (χ1v) is 7.98. The topological polar surface area (TPSA) is 75.6 Å². The highest BCUT2D eigenvalue weighted by Gasteiger charge is 2.01. The van der Waals surface area contributed by atoms with Crippen LogP contribution in [0.15, 0.2) is 55.0 Å². The molecule has 0 saturated heterocycles. The number of rotatable bonds is 7. The summed E-state index contributed by atoms with van der Waals surface area (Å²) in [5.74, 6) is 1.17. The molecule has 0 aliphatic heterocycles. The third-order valence-corrected chi connectivity index (χ3v) is 3.60. The van der Waals surface area contributed by atoms with Gasteiger partial charge in [-0.25, -0.2) is 0 Å². The molecule has 122 valence electrons. The fraction of sp³-hybridized carbons (Fsp3) is 0.176. The molecule has 2 aromatic heterocycles. The van der Waals surface area contributed by atoms with Gasteiger partial charge in [-0.3, -0.25) is 4.98 Å². The molecule has 7 heteroatoms. The lowest BCUT2D eigenvalue weighted by atomic mass is 10.1. The predicted molar refractivity (Wildman–Crippen MR) is 95.0 cm³/mol. The van der Waals surface area contributed by atoms with Crippen LogP contribution in [-0.4, -0.2) is 26.7 Å². The van der Waals surface area contributed by atoms with Crippen molar-refractivity contribution in [3.8, 4) is 0 Å². The van der Waals surface area contributed by atoms with Crippen LogP contribution in [0, 0.1) is 0 Å². The Balaban J connectivity index is 1.51. The first-order chi connectivity index (χ1) is 11.8. The van der Waals surface area contributed by atoms with Crippen LogP contribution in [0.5, 0.6) is 0 Å². The second-order valence-corrected chi connectivity index (χ2v) is 5.62. The van der Waals surface area contributed by atoms with Gasteiger partial charge in [-0.1, -0.05) is 23.7 Å². The minimum atomic E-state index is 0.497. The zero-order valence-electron chi connectivity index (χ0n) is 13.0. The maximum Gasteiger partial charge on any atom is 0.244 e. The second kappa shape index (κ2) is 8.21. The van der Waals surface area contributed by atoms with Crippen LogP contribution in [-0.2, 0) is 13.0 Å². The molecule has 0 aliphatic carbocycles. The van der Waals surface area contributed by atoms with Crippen molar-refractivity contribution < 1.29 is 0 Å². The monoisotopic (exact) mass is 340 g/mol. The normalized spacial score (nSPS) is 10.4. The van der Waals surface area contributed by atoms with Gasteiger partial charge in [0, 0.05) is 30.5 Å². The van der Waals surface area contributed by atoms with E-state index in [0.717, 1.165) is 22.6 Å². The highest BCUT2D eigenvalue weighted by Crippen LogP contribution is 2.11. The van der Waals surface area contributed by atoms with Crippen LogP contribution < -0.4 is 10.6 Å². The summed E-state index contributed by atoms with van der Waals surface area (Å²) in [6.45, 7) is 1.36. The lowest BCUT2D eigenvalue weighted by molar-refractivity contribution is 0.921. The molecule has 0 radical (unpaired) electrons. The minimum Gasteiger partial charge on any atom is -0.365 e. The van der Waals surface area contributed by atoms with Crippen molar-refractivity contribution in [2.45, 2.75) is 13.0 Å². The van der Waals surface area contributed by atoms with Gasteiger partial charge in [0.2, 0.25) is 5.95 Å². The number of nitrogens with one attached hydrogen (secondary N) is 2. The third kappa shape index (κ3) is 4.89. The van der Waals surface area contributed by atoms with Crippen molar-refractivity contribution in [3.63, 3.8) is 0 Å². The molecule has 3 aromatic rings. The first-order valence-electron chi connectivity index (χ1n) is 7.60. The van der Waals surface area contributed by atoms with Gasteiger partial charge in [-0.05, 0) is 41.8 Å². The summed E-state index contributed by atoms with van der Waals surface area (Å²) >= 11 is 5.98. The van der Waals surface area contributed by atoms with E-state index < -0.39 is 0 Å². The van der Waals surface area contributed by atoms with E-state index in [-0.39, 0.29) is 0 Å². The molecule has 0 fully saturated rings. The number of anilines is 2. The summed E-state index contributed by atoms with van der Waals surface area (Å²) in [6, 6.07) is 11.7. The number of pyridine rings is 1. The van der Waals surface area contributed by atoms with E-state index in [1.165, 1.54) is 0 Å². The number of halogens is 1. The van der Waals surface area contributed by atoms with Crippen molar-refractivity contribution >= 4 is 23.4 Å². The Morgan fingerprint density at radius 1 is 1.00 bits per heavy atom. The van der Waals surface area contributed by atoms with Crippen LogP contribution in [0.25, 0.3) is 0 Å². The Labute approximate surface area is 145 Å². The molecule has 0 amide bonds. The molecular formula is C17H17ClN6. The Kier molecular flexibility index (Phi) is 5.52. The Morgan fingerprint density at radius 3 is 2.71 bits per heavy atom. The van der Waals surface area contributed by atoms with Crippen LogP contribution in [0.4, 0.5) is 11.8 Å². The SMILES string of the molecule is Clc1cccc(CCNc2nncc(NCc3ccncc3)n2)c1. The summed E-state index contributed by atoms with van der Waals surface area (Å²) < 4.78 is 0. The lowest BCUT2D eigenvalue weighted by Gasteiger charge is -2.08. The van der Waals surface area contributed by atoms with Gasteiger partial charge in [-0.15, -0.1) is 5.10 Å². The third-order valence-electron chi connectivity index (χ3n) is 3.37. The number of benzene rings is 1. The van der Waals surface area contributed by atoms with E-state index in [9.17, 15) is 0 Å². The molecule has 24 heavy (non-hydrogen) atoms. The molecule has 2 N–H and O–H groups in total. The van der Waals surface area contributed by atoms with Gasteiger partial charge in [0.1, 0.15) is 0 Å². The summed E-state index contributed by atoms with van der Waals surface area (Å²) in [4.78, 5) is 8.39. The highest BCUT2D eigenvalue weighted by atomic mass is 35.5. The lowest BCUT2D eigenvalue weighted by Crippen LogP contribution is -2.10. The van der Waals surface area contributed by atoms with E-state index in [2.05, 4.69) is 30.8 Å². The average Bonchev–Trinajstić information content (AvgIpc) is 2.61. The highest BCUT2D eigenvalue weighted by molar-refractivity contribution is 6.30. The molecule has 0 bridgehead atoms. The molecule has 0 spiro atoms. The molecular weight excluding hydrogens is 324 g/mol. The van der Waals surface area contributed by atoms with Crippen molar-refractivity contribution in [2.24, 2.45) is 0 Å².